The van der Waals surface area contributed by atoms with Crippen LogP contribution in [0.25, 0.3) is 11.3 Å². The molecular weight excluding hydrogens is 312 g/mol. The van der Waals surface area contributed by atoms with Gasteiger partial charge in [-0.25, -0.2) is 4.79 Å². The average Bonchev–Trinajstić information content (AvgIpc) is 3.08. The van der Waals surface area contributed by atoms with Gasteiger partial charge in [0.1, 0.15) is 0 Å². The van der Waals surface area contributed by atoms with Crippen molar-refractivity contribution < 1.29 is 9.90 Å². The van der Waals surface area contributed by atoms with Gasteiger partial charge in [-0.2, -0.15) is 0 Å². The highest BCUT2D eigenvalue weighted by molar-refractivity contribution is 6.33. The van der Waals surface area contributed by atoms with Gasteiger partial charge in [0.05, 0.1) is 16.3 Å². The summed E-state index contributed by atoms with van der Waals surface area (Å²) in [6.45, 7) is 4.55. The molecule has 5 heteroatoms. The van der Waals surface area contributed by atoms with E-state index in [9.17, 15) is 4.79 Å². The molecule has 3 rings (SSSR count). The van der Waals surface area contributed by atoms with Crippen LogP contribution >= 0.6 is 11.6 Å². The van der Waals surface area contributed by atoms with E-state index in [0.29, 0.717) is 16.8 Å². The molecule has 1 aliphatic rings. The molecule has 2 aromatic rings. The van der Waals surface area contributed by atoms with Crippen molar-refractivity contribution in [1.82, 2.24) is 9.88 Å². The Bertz CT molecular complexity index is 709. The molecule has 0 saturated carbocycles. The summed E-state index contributed by atoms with van der Waals surface area (Å²) in [5.74, 6) is -1.03. The number of halogens is 1. The molecule has 0 amide bonds. The number of carboxylic acids is 1. The summed E-state index contributed by atoms with van der Waals surface area (Å²) in [5, 5.41) is 9.32. The number of pyridine rings is 1. The standard InChI is InChI=1S/C18H19ClN2O2/c1-12(21-8-2-3-9-21)13-4-6-14(7-5-13)17-16(19)10-15(11-20-17)18(22)23/h4-7,10-12H,2-3,8-9H2,1H3,(H,22,23)/t12-/m1/s1. The minimum atomic E-state index is -1.03. The molecule has 4 nitrogen and oxygen atoms in total. The van der Waals surface area contributed by atoms with Crippen LogP contribution in [-0.2, 0) is 0 Å². The summed E-state index contributed by atoms with van der Waals surface area (Å²) in [4.78, 5) is 17.6. The Kier molecular flexibility index (Phi) is 4.64. The summed E-state index contributed by atoms with van der Waals surface area (Å²) < 4.78 is 0. The minimum Gasteiger partial charge on any atom is -0.478 e. The largest absolute Gasteiger partial charge is 0.478 e. The summed E-state index contributed by atoms with van der Waals surface area (Å²) in [5.41, 5.74) is 2.87. The molecule has 0 aliphatic carbocycles. The fourth-order valence-electron chi connectivity index (χ4n) is 3.03. The molecule has 1 aromatic carbocycles. The Morgan fingerprint density at radius 2 is 1.91 bits per heavy atom. The SMILES string of the molecule is C[C@H](c1ccc(-c2ncc(C(=O)O)cc2Cl)cc1)N1CCCC1. The Balaban J connectivity index is 1.83. The van der Waals surface area contributed by atoms with Crippen LogP contribution in [0, 0.1) is 0 Å². The molecule has 0 radical (unpaired) electrons. The monoisotopic (exact) mass is 330 g/mol. The predicted octanol–water partition coefficient (Wildman–Crippen LogP) is 4.26. The van der Waals surface area contributed by atoms with Crippen molar-refractivity contribution in [3.63, 3.8) is 0 Å². The number of benzene rings is 1. The van der Waals surface area contributed by atoms with Crippen LogP contribution in [0.3, 0.4) is 0 Å². The van der Waals surface area contributed by atoms with Gasteiger partial charge in [0.2, 0.25) is 0 Å². The van der Waals surface area contributed by atoms with E-state index in [-0.39, 0.29) is 5.56 Å². The van der Waals surface area contributed by atoms with Crippen LogP contribution in [0.4, 0.5) is 0 Å². The van der Waals surface area contributed by atoms with Crippen molar-refractivity contribution in [3.05, 3.63) is 52.7 Å². The quantitative estimate of drug-likeness (QED) is 0.910. The Morgan fingerprint density at radius 3 is 2.48 bits per heavy atom. The highest BCUT2D eigenvalue weighted by Crippen LogP contribution is 2.29. The number of rotatable bonds is 4. The van der Waals surface area contributed by atoms with Gasteiger partial charge in [-0.1, -0.05) is 35.9 Å². The number of carboxylic acid groups (broad SMARTS) is 1. The minimum absolute atomic E-state index is 0.0954. The fourth-order valence-corrected chi connectivity index (χ4v) is 3.30. The Hall–Kier alpha value is -1.91. The first kappa shape index (κ1) is 16.0. The first-order valence-corrected chi connectivity index (χ1v) is 8.17. The topological polar surface area (TPSA) is 53.4 Å². The molecule has 2 heterocycles. The summed E-state index contributed by atoms with van der Waals surface area (Å²) in [7, 11) is 0. The number of hydrogen-bond donors (Lipinski definition) is 1. The van der Waals surface area contributed by atoms with Gasteiger partial charge in [-0.3, -0.25) is 9.88 Å². The second-order valence-electron chi connectivity index (χ2n) is 5.90. The van der Waals surface area contributed by atoms with E-state index in [0.717, 1.165) is 18.7 Å². The van der Waals surface area contributed by atoms with Crippen molar-refractivity contribution >= 4 is 17.6 Å². The van der Waals surface area contributed by atoms with Gasteiger partial charge in [0.25, 0.3) is 0 Å². The van der Waals surface area contributed by atoms with Crippen LogP contribution in [-0.4, -0.2) is 34.0 Å². The van der Waals surface area contributed by atoms with Crippen LogP contribution in [0.5, 0.6) is 0 Å². The number of aromatic carboxylic acids is 1. The lowest BCUT2D eigenvalue weighted by atomic mass is 10.0. The van der Waals surface area contributed by atoms with Crippen LogP contribution < -0.4 is 0 Å². The highest BCUT2D eigenvalue weighted by atomic mass is 35.5. The maximum absolute atomic E-state index is 10.9. The van der Waals surface area contributed by atoms with Crippen molar-refractivity contribution in [1.29, 1.82) is 0 Å². The van der Waals surface area contributed by atoms with Gasteiger partial charge >= 0.3 is 5.97 Å². The first-order valence-electron chi connectivity index (χ1n) is 7.79. The van der Waals surface area contributed by atoms with Crippen molar-refractivity contribution in [3.8, 4) is 11.3 Å². The van der Waals surface area contributed by atoms with Gasteiger partial charge in [0.15, 0.2) is 0 Å². The summed E-state index contributed by atoms with van der Waals surface area (Å²) in [6.07, 6.45) is 3.89. The molecule has 0 bridgehead atoms. The zero-order chi connectivity index (χ0) is 16.4. The molecule has 1 aromatic heterocycles. The van der Waals surface area contributed by atoms with Gasteiger partial charge < -0.3 is 5.11 Å². The van der Waals surface area contributed by atoms with E-state index < -0.39 is 5.97 Å². The molecule has 0 spiro atoms. The number of hydrogen-bond acceptors (Lipinski definition) is 3. The lowest BCUT2D eigenvalue weighted by Gasteiger charge is -2.24. The Morgan fingerprint density at radius 1 is 1.26 bits per heavy atom. The van der Waals surface area contributed by atoms with E-state index in [2.05, 4.69) is 28.9 Å². The van der Waals surface area contributed by atoms with E-state index >= 15 is 0 Å². The third-order valence-electron chi connectivity index (χ3n) is 4.44. The van der Waals surface area contributed by atoms with Crippen LogP contribution in [0.2, 0.25) is 5.02 Å². The molecule has 1 fully saturated rings. The van der Waals surface area contributed by atoms with Crippen molar-refractivity contribution in [2.45, 2.75) is 25.8 Å². The van der Waals surface area contributed by atoms with E-state index in [1.165, 1.54) is 30.7 Å². The smallest absolute Gasteiger partial charge is 0.337 e. The predicted molar refractivity (Wildman–Crippen MR) is 90.9 cm³/mol. The molecule has 1 atom stereocenters. The molecule has 1 aliphatic heterocycles. The molecule has 120 valence electrons. The summed E-state index contributed by atoms with van der Waals surface area (Å²) >= 11 is 6.18. The van der Waals surface area contributed by atoms with Crippen molar-refractivity contribution in [2.75, 3.05) is 13.1 Å². The zero-order valence-electron chi connectivity index (χ0n) is 13.0. The van der Waals surface area contributed by atoms with Crippen LogP contribution in [0.1, 0.15) is 41.7 Å². The third kappa shape index (κ3) is 3.38. The van der Waals surface area contributed by atoms with Crippen molar-refractivity contribution in [2.24, 2.45) is 0 Å². The second kappa shape index (κ2) is 6.69. The highest BCUT2D eigenvalue weighted by Gasteiger charge is 2.19. The fraction of sp³-hybridized carbons (Fsp3) is 0.333. The molecule has 1 saturated heterocycles. The van der Waals surface area contributed by atoms with Gasteiger partial charge in [0, 0.05) is 17.8 Å². The number of likely N-dealkylation sites (tertiary alicyclic amines) is 1. The number of nitrogens with zero attached hydrogens (tertiary/aromatic N) is 2. The molecule has 23 heavy (non-hydrogen) atoms. The van der Waals surface area contributed by atoms with E-state index in [4.69, 9.17) is 16.7 Å². The lowest BCUT2D eigenvalue weighted by molar-refractivity contribution is 0.0696. The number of aromatic nitrogens is 1. The zero-order valence-corrected chi connectivity index (χ0v) is 13.8. The normalized spacial score (nSPS) is 16.4. The van der Waals surface area contributed by atoms with E-state index in [1.54, 1.807) is 0 Å². The maximum Gasteiger partial charge on any atom is 0.337 e. The Labute approximate surface area is 140 Å². The number of carbonyl (C=O) groups is 1. The lowest BCUT2D eigenvalue weighted by Crippen LogP contribution is -2.23. The van der Waals surface area contributed by atoms with Crippen LogP contribution in [0.15, 0.2) is 36.5 Å². The van der Waals surface area contributed by atoms with Gasteiger partial charge in [-0.15, -0.1) is 0 Å². The molecular formula is C18H19ClN2O2. The maximum atomic E-state index is 10.9. The average molecular weight is 331 g/mol. The molecule has 0 unspecified atom stereocenters. The summed E-state index contributed by atoms with van der Waals surface area (Å²) in [6, 6.07) is 10.0. The van der Waals surface area contributed by atoms with Gasteiger partial charge in [-0.05, 0) is 44.5 Å². The molecule has 1 N–H and O–H groups in total. The van der Waals surface area contributed by atoms with E-state index in [1.807, 2.05) is 12.1 Å². The first-order chi connectivity index (χ1) is 11.1. The second-order valence-corrected chi connectivity index (χ2v) is 6.31. The third-order valence-corrected chi connectivity index (χ3v) is 4.73.